The van der Waals surface area contributed by atoms with Gasteiger partial charge >= 0.3 is 5.97 Å². The molecule has 2 atom stereocenters. The number of aromatic nitrogens is 2. The molecule has 0 aliphatic carbocycles. The molecule has 9 heteroatoms. The van der Waals surface area contributed by atoms with Crippen LogP contribution in [0, 0.1) is 13.8 Å². The van der Waals surface area contributed by atoms with E-state index in [0.29, 0.717) is 16.6 Å². The van der Waals surface area contributed by atoms with Crippen LogP contribution in [0.2, 0.25) is 0 Å². The number of carboxylic acid groups (broad SMARTS) is 1. The van der Waals surface area contributed by atoms with Gasteiger partial charge in [0, 0.05) is 29.3 Å². The summed E-state index contributed by atoms with van der Waals surface area (Å²) in [6.45, 7) is 4.10. The van der Waals surface area contributed by atoms with Gasteiger partial charge in [0.1, 0.15) is 11.5 Å². The zero-order valence-corrected chi connectivity index (χ0v) is 22.3. The molecule has 1 aliphatic rings. The minimum atomic E-state index is -0.953. The van der Waals surface area contributed by atoms with Crippen LogP contribution in [0.5, 0.6) is 11.5 Å². The number of thiocarbonyl (C=S) groups is 1. The normalized spacial score (nSPS) is 16.8. The van der Waals surface area contributed by atoms with Gasteiger partial charge in [0.05, 0.1) is 43.2 Å². The number of aryl methyl sites for hydroxylation is 1. The number of aromatic carboxylic acids is 1. The third kappa shape index (κ3) is 4.35. The number of nitrogens with zero attached hydrogens (tertiary/aromatic N) is 3. The third-order valence-corrected chi connectivity index (χ3v) is 7.22. The van der Waals surface area contributed by atoms with Gasteiger partial charge < -0.3 is 29.4 Å². The number of carbonyl (C=O) groups is 1. The van der Waals surface area contributed by atoms with Crippen LogP contribution in [0.25, 0.3) is 5.69 Å². The number of ether oxygens (including phenoxy) is 2. The Balaban J connectivity index is 1.67. The van der Waals surface area contributed by atoms with E-state index < -0.39 is 5.97 Å². The Hall–Kier alpha value is -4.37. The van der Waals surface area contributed by atoms with Crippen molar-refractivity contribution in [2.75, 3.05) is 19.1 Å². The van der Waals surface area contributed by atoms with Crippen molar-refractivity contribution in [2.24, 2.45) is 0 Å². The second-order valence-electron chi connectivity index (χ2n) is 9.05. The van der Waals surface area contributed by atoms with Crippen LogP contribution >= 0.6 is 12.2 Å². The Morgan fingerprint density at radius 1 is 1.03 bits per heavy atom. The summed E-state index contributed by atoms with van der Waals surface area (Å²) >= 11 is 5.90. The minimum absolute atomic E-state index is 0.223. The molecule has 1 aliphatic heterocycles. The van der Waals surface area contributed by atoms with Crippen LogP contribution < -0.4 is 19.7 Å². The standard InChI is InChI=1S/C29H28N4O4S/c1-17-15-22(18(2)32(17)20-10-8-19(9-11-20)28(34)35)27-26(23-7-5-6-14-30-23)31-29(38)33(27)24-13-12-21(36-3)16-25(24)37-4/h5-16,26-27H,1-4H3,(H,31,38)(H,34,35)/t26-,27-/m0/s1. The molecule has 0 saturated carbocycles. The van der Waals surface area contributed by atoms with E-state index in [2.05, 4.69) is 32.8 Å². The lowest BCUT2D eigenvalue weighted by atomic mass is 9.96. The van der Waals surface area contributed by atoms with Crippen LogP contribution in [-0.4, -0.2) is 40.0 Å². The summed E-state index contributed by atoms with van der Waals surface area (Å²) in [4.78, 5) is 18.1. The zero-order valence-electron chi connectivity index (χ0n) is 21.5. The largest absolute Gasteiger partial charge is 0.497 e. The second-order valence-corrected chi connectivity index (χ2v) is 9.43. The van der Waals surface area contributed by atoms with E-state index in [0.717, 1.165) is 34.0 Å². The molecule has 1 saturated heterocycles. The fraction of sp³-hybridized carbons (Fsp3) is 0.207. The summed E-state index contributed by atoms with van der Waals surface area (Å²) in [6.07, 6.45) is 1.78. The topological polar surface area (TPSA) is 88.9 Å². The van der Waals surface area contributed by atoms with E-state index >= 15 is 0 Å². The van der Waals surface area contributed by atoms with Gasteiger partial charge in [0.25, 0.3) is 0 Å². The van der Waals surface area contributed by atoms with E-state index in [1.54, 1.807) is 32.5 Å². The molecule has 4 aromatic rings. The van der Waals surface area contributed by atoms with Gasteiger partial charge in [-0.2, -0.15) is 0 Å². The Labute approximate surface area is 226 Å². The molecule has 0 amide bonds. The van der Waals surface area contributed by atoms with E-state index in [9.17, 15) is 9.90 Å². The van der Waals surface area contributed by atoms with Crippen molar-refractivity contribution in [3.8, 4) is 17.2 Å². The Kier molecular flexibility index (Phi) is 6.77. The number of carboxylic acids is 1. The smallest absolute Gasteiger partial charge is 0.335 e. The van der Waals surface area contributed by atoms with Gasteiger partial charge in [-0.05, 0) is 86.2 Å². The van der Waals surface area contributed by atoms with Crippen LogP contribution in [0.3, 0.4) is 0 Å². The average Bonchev–Trinajstić information content (AvgIpc) is 3.43. The van der Waals surface area contributed by atoms with Crippen molar-refractivity contribution in [3.05, 3.63) is 101 Å². The first-order valence-corrected chi connectivity index (χ1v) is 12.5. The number of methoxy groups -OCH3 is 2. The number of rotatable bonds is 7. The summed E-state index contributed by atoms with van der Waals surface area (Å²) in [7, 11) is 3.25. The first-order valence-electron chi connectivity index (χ1n) is 12.1. The lowest BCUT2D eigenvalue weighted by molar-refractivity contribution is 0.0697. The highest BCUT2D eigenvalue weighted by Crippen LogP contribution is 2.46. The molecule has 194 valence electrons. The molecule has 8 nitrogen and oxygen atoms in total. The maximum atomic E-state index is 11.4. The van der Waals surface area contributed by atoms with Gasteiger partial charge in [-0.1, -0.05) is 6.07 Å². The monoisotopic (exact) mass is 528 g/mol. The summed E-state index contributed by atoms with van der Waals surface area (Å²) in [5, 5.41) is 13.4. The molecule has 0 bridgehead atoms. The number of pyridine rings is 1. The highest BCUT2D eigenvalue weighted by molar-refractivity contribution is 7.80. The molecule has 0 unspecified atom stereocenters. The van der Waals surface area contributed by atoms with Crippen molar-refractivity contribution in [1.82, 2.24) is 14.9 Å². The lowest BCUT2D eigenvalue weighted by Gasteiger charge is -2.29. The summed E-state index contributed by atoms with van der Waals surface area (Å²) in [5.41, 5.74) is 5.89. The molecule has 2 aromatic carbocycles. The molecule has 0 radical (unpaired) electrons. The molecular formula is C29H28N4O4S. The maximum absolute atomic E-state index is 11.4. The molecule has 1 fully saturated rings. The second kappa shape index (κ2) is 10.2. The summed E-state index contributed by atoms with van der Waals surface area (Å²) in [6, 6.07) is 20.1. The molecule has 38 heavy (non-hydrogen) atoms. The van der Waals surface area contributed by atoms with Gasteiger partial charge in [0.2, 0.25) is 0 Å². The van der Waals surface area contributed by atoms with Crippen molar-refractivity contribution >= 4 is 29.0 Å². The number of hydrogen-bond acceptors (Lipinski definition) is 5. The Bertz CT molecular complexity index is 1500. The van der Waals surface area contributed by atoms with E-state index in [1.165, 1.54) is 0 Å². The highest BCUT2D eigenvalue weighted by atomic mass is 32.1. The fourth-order valence-electron chi connectivity index (χ4n) is 5.15. The number of nitrogens with one attached hydrogen (secondary N) is 1. The third-order valence-electron chi connectivity index (χ3n) is 6.91. The van der Waals surface area contributed by atoms with Gasteiger partial charge in [0.15, 0.2) is 5.11 Å². The van der Waals surface area contributed by atoms with Crippen molar-refractivity contribution < 1.29 is 19.4 Å². The lowest BCUT2D eigenvalue weighted by Crippen LogP contribution is -2.30. The predicted octanol–water partition coefficient (Wildman–Crippen LogP) is 5.38. The zero-order chi connectivity index (χ0) is 27.0. The van der Waals surface area contributed by atoms with Crippen molar-refractivity contribution in [3.63, 3.8) is 0 Å². The molecule has 2 N–H and O–H groups in total. The Morgan fingerprint density at radius 2 is 1.79 bits per heavy atom. The van der Waals surface area contributed by atoms with Gasteiger partial charge in [-0.15, -0.1) is 0 Å². The summed E-state index contributed by atoms with van der Waals surface area (Å²) < 4.78 is 13.3. The van der Waals surface area contributed by atoms with E-state index in [1.807, 2.05) is 55.5 Å². The first kappa shape index (κ1) is 25.3. The molecule has 5 rings (SSSR count). The van der Waals surface area contributed by atoms with Crippen molar-refractivity contribution in [2.45, 2.75) is 25.9 Å². The average molecular weight is 529 g/mol. The maximum Gasteiger partial charge on any atom is 0.335 e. The summed E-state index contributed by atoms with van der Waals surface area (Å²) in [5.74, 6) is 0.369. The SMILES string of the molecule is COc1ccc(N2C(=S)N[C@@H](c3ccccn3)[C@@H]2c2cc(C)n(-c3ccc(C(=O)O)cc3)c2C)c(OC)c1. The van der Waals surface area contributed by atoms with Crippen molar-refractivity contribution in [1.29, 1.82) is 0 Å². The highest BCUT2D eigenvalue weighted by Gasteiger charge is 2.43. The molecule has 2 aromatic heterocycles. The Morgan fingerprint density at radius 3 is 2.42 bits per heavy atom. The van der Waals surface area contributed by atoms with Crippen LogP contribution in [-0.2, 0) is 0 Å². The van der Waals surface area contributed by atoms with Crippen LogP contribution in [0.15, 0.2) is 72.9 Å². The first-order chi connectivity index (χ1) is 18.3. The predicted molar refractivity (Wildman–Crippen MR) is 150 cm³/mol. The van der Waals surface area contributed by atoms with E-state index in [-0.39, 0.29) is 17.6 Å². The molecular weight excluding hydrogens is 500 g/mol. The number of benzene rings is 2. The quantitative estimate of drug-likeness (QED) is 0.309. The minimum Gasteiger partial charge on any atom is -0.497 e. The van der Waals surface area contributed by atoms with Gasteiger partial charge in [-0.3, -0.25) is 4.98 Å². The molecule has 3 heterocycles. The van der Waals surface area contributed by atoms with Gasteiger partial charge in [-0.25, -0.2) is 4.79 Å². The van der Waals surface area contributed by atoms with Crippen LogP contribution in [0.1, 0.15) is 45.1 Å². The van der Waals surface area contributed by atoms with E-state index in [4.69, 9.17) is 21.7 Å². The number of anilines is 1. The number of hydrogen-bond donors (Lipinski definition) is 2. The molecule has 0 spiro atoms. The fourth-order valence-corrected chi connectivity index (χ4v) is 5.49. The van der Waals surface area contributed by atoms with Crippen LogP contribution in [0.4, 0.5) is 5.69 Å².